The molecule has 0 aliphatic rings. The number of hydrogen-bond acceptors (Lipinski definition) is 2. The lowest BCUT2D eigenvalue weighted by Crippen LogP contribution is -2.26. The molecule has 1 N–H and O–H groups in total. The Hall–Kier alpha value is -1.82. The summed E-state index contributed by atoms with van der Waals surface area (Å²) in [5.41, 5.74) is 1.34. The Kier molecular flexibility index (Phi) is 4.44. The minimum absolute atomic E-state index is 0.302. The van der Waals surface area contributed by atoms with E-state index in [9.17, 15) is 13.2 Å². The molecule has 3 nitrogen and oxygen atoms in total. The molecule has 0 fully saturated rings. The molecule has 2 aromatic rings. The maximum Gasteiger partial charge on any atom is 0.390 e. The van der Waals surface area contributed by atoms with Gasteiger partial charge in [-0.25, -0.2) is 0 Å². The van der Waals surface area contributed by atoms with Crippen LogP contribution in [0.4, 0.5) is 13.2 Å². The van der Waals surface area contributed by atoms with E-state index in [0.29, 0.717) is 12.1 Å². The highest BCUT2D eigenvalue weighted by atomic mass is 19.4. The zero-order chi connectivity index (χ0) is 14.6. The minimum atomic E-state index is -4.21. The van der Waals surface area contributed by atoms with Gasteiger partial charge in [-0.05, 0) is 11.6 Å². The van der Waals surface area contributed by atoms with Crippen molar-refractivity contribution in [2.45, 2.75) is 25.2 Å². The second-order valence-electron chi connectivity index (χ2n) is 4.64. The molecule has 1 aromatic heterocycles. The van der Waals surface area contributed by atoms with Crippen molar-refractivity contribution in [3.8, 4) is 0 Å². The van der Waals surface area contributed by atoms with E-state index in [1.807, 2.05) is 0 Å². The third kappa shape index (κ3) is 4.38. The van der Waals surface area contributed by atoms with Crippen molar-refractivity contribution in [3.05, 3.63) is 53.9 Å². The van der Waals surface area contributed by atoms with Crippen LogP contribution in [0.25, 0.3) is 0 Å². The van der Waals surface area contributed by atoms with Crippen LogP contribution < -0.4 is 5.32 Å². The number of nitrogens with zero attached hydrogens (tertiary/aromatic N) is 2. The molecule has 0 saturated heterocycles. The molecule has 2 rings (SSSR count). The summed E-state index contributed by atoms with van der Waals surface area (Å²) in [5.74, 6) is 0. The highest BCUT2D eigenvalue weighted by Crippen LogP contribution is 2.29. The summed E-state index contributed by atoms with van der Waals surface area (Å²) in [4.78, 5) is 0. The fourth-order valence-electron chi connectivity index (χ4n) is 2.01. The summed E-state index contributed by atoms with van der Waals surface area (Å²) < 4.78 is 39.6. The zero-order valence-corrected chi connectivity index (χ0v) is 11.1. The fraction of sp³-hybridized carbons (Fsp3) is 0.357. The van der Waals surface area contributed by atoms with Gasteiger partial charge >= 0.3 is 6.18 Å². The first-order valence-corrected chi connectivity index (χ1v) is 6.27. The Balaban J connectivity index is 2.07. The Labute approximate surface area is 115 Å². The zero-order valence-electron chi connectivity index (χ0n) is 11.1. The van der Waals surface area contributed by atoms with Gasteiger partial charge in [-0.3, -0.25) is 4.68 Å². The predicted molar refractivity (Wildman–Crippen MR) is 69.9 cm³/mol. The predicted octanol–water partition coefficient (Wildman–Crippen LogP) is 3.20. The van der Waals surface area contributed by atoms with Crippen LogP contribution in [0.15, 0.2) is 42.6 Å². The molecule has 0 radical (unpaired) electrons. The Morgan fingerprint density at radius 1 is 1.20 bits per heavy atom. The number of hydrogen-bond donors (Lipinski definition) is 1. The van der Waals surface area contributed by atoms with Gasteiger partial charge in [-0.1, -0.05) is 30.3 Å². The molecule has 0 bridgehead atoms. The lowest BCUT2D eigenvalue weighted by Gasteiger charge is -2.20. The van der Waals surface area contributed by atoms with E-state index in [-0.39, 0.29) is 0 Å². The van der Waals surface area contributed by atoms with Gasteiger partial charge in [0, 0.05) is 25.8 Å². The van der Waals surface area contributed by atoms with Crippen molar-refractivity contribution in [1.29, 1.82) is 0 Å². The average Bonchev–Trinajstić information content (AvgIpc) is 2.80. The number of nitrogens with one attached hydrogen (secondary N) is 1. The van der Waals surface area contributed by atoms with Gasteiger partial charge in [0.25, 0.3) is 0 Å². The summed E-state index contributed by atoms with van der Waals surface area (Å²) in [5, 5.41) is 7.07. The van der Waals surface area contributed by atoms with E-state index in [0.717, 1.165) is 5.69 Å². The molecular weight excluding hydrogens is 267 g/mol. The van der Waals surface area contributed by atoms with Crippen molar-refractivity contribution in [1.82, 2.24) is 15.1 Å². The van der Waals surface area contributed by atoms with Gasteiger partial charge in [0.2, 0.25) is 0 Å². The third-order valence-corrected chi connectivity index (χ3v) is 2.94. The molecule has 1 unspecified atom stereocenters. The lowest BCUT2D eigenvalue weighted by atomic mass is 10.0. The normalized spacial score (nSPS) is 13.4. The molecule has 1 atom stereocenters. The number of halogens is 3. The van der Waals surface area contributed by atoms with Gasteiger partial charge in [-0.2, -0.15) is 18.3 Å². The molecule has 0 amide bonds. The maximum atomic E-state index is 12.7. The summed E-state index contributed by atoms with van der Waals surface area (Å²) >= 11 is 0. The summed E-state index contributed by atoms with van der Waals surface area (Å²) in [6.07, 6.45) is -3.35. The fourth-order valence-corrected chi connectivity index (χ4v) is 2.01. The molecule has 0 spiro atoms. The molecule has 6 heteroatoms. The number of alkyl halides is 3. The maximum absolute atomic E-state index is 12.7. The topological polar surface area (TPSA) is 29.9 Å². The van der Waals surface area contributed by atoms with E-state index >= 15 is 0 Å². The van der Waals surface area contributed by atoms with Gasteiger partial charge in [0.1, 0.15) is 0 Å². The van der Waals surface area contributed by atoms with Crippen molar-refractivity contribution in [3.63, 3.8) is 0 Å². The Morgan fingerprint density at radius 3 is 2.45 bits per heavy atom. The van der Waals surface area contributed by atoms with Crippen molar-refractivity contribution < 1.29 is 13.2 Å². The van der Waals surface area contributed by atoms with Gasteiger partial charge < -0.3 is 5.32 Å². The molecule has 20 heavy (non-hydrogen) atoms. The molecule has 0 aliphatic carbocycles. The van der Waals surface area contributed by atoms with E-state index in [1.165, 1.54) is 0 Å². The molecule has 1 aromatic carbocycles. The van der Waals surface area contributed by atoms with Gasteiger partial charge in [0.05, 0.1) is 12.1 Å². The second kappa shape index (κ2) is 6.09. The van der Waals surface area contributed by atoms with Crippen LogP contribution in [0.2, 0.25) is 0 Å². The van der Waals surface area contributed by atoms with Crippen LogP contribution in [-0.4, -0.2) is 16.0 Å². The standard InChI is InChI=1S/C14H16F3N3/c1-20-8-7-12(19-20)10-18-13(9-14(15,16)17)11-5-3-2-4-6-11/h2-8,13,18H,9-10H2,1H3. The van der Waals surface area contributed by atoms with Crippen molar-refractivity contribution >= 4 is 0 Å². The molecule has 0 aliphatic heterocycles. The van der Waals surface area contributed by atoms with Crippen LogP contribution in [0.1, 0.15) is 23.7 Å². The number of aromatic nitrogens is 2. The van der Waals surface area contributed by atoms with Crippen molar-refractivity contribution in [2.75, 3.05) is 0 Å². The summed E-state index contributed by atoms with van der Waals surface area (Å²) in [6.45, 7) is 0.302. The highest BCUT2D eigenvalue weighted by molar-refractivity contribution is 5.19. The first-order chi connectivity index (χ1) is 9.44. The van der Waals surface area contributed by atoms with E-state index < -0.39 is 18.6 Å². The third-order valence-electron chi connectivity index (χ3n) is 2.94. The second-order valence-corrected chi connectivity index (χ2v) is 4.64. The Bertz CT molecular complexity index is 534. The summed E-state index contributed by atoms with van der Waals surface area (Å²) in [7, 11) is 1.77. The van der Waals surface area contributed by atoms with Crippen molar-refractivity contribution in [2.24, 2.45) is 7.05 Å². The van der Waals surface area contributed by atoms with Crippen LogP contribution in [0, 0.1) is 0 Å². The van der Waals surface area contributed by atoms with E-state index in [2.05, 4.69) is 10.4 Å². The van der Waals surface area contributed by atoms with Crippen LogP contribution >= 0.6 is 0 Å². The van der Waals surface area contributed by atoms with Gasteiger partial charge in [0.15, 0.2) is 0 Å². The first kappa shape index (κ1) is 14.6. The first-order valence-electron chi connectivity index (χ1n) is 6.27. The molecule has 1 heterocycles. The molecular formula is C14H16F3N3. The average molecular weight is 283 g/mol. The molecule has 0 saturated carbocycles. The summed E-state index contributed by atoms with van der Waals surface area (Å²) in [6, 6.07) is 9.67. The quantitative estimate of drug-likeness (QED) is 0.913. The van der Waals surface area contributed by atoms with E-state index in [4.69, 9.17) is 0 Å². The van der Waals surface area contributed by atoms with Gasteiger partial charge in [-0.15, -0.1) is 0 Å². The minimum Gasteiger partial charge on any atom is -0.304 e. The largest absolute Gasteiger partial charge is 0.390 e. The number of benzene rings is 1. The monoisotopic (exact) mass is 283 g/mol. The SMILES string of the molecule is Cn1ccc(CNC(CC(F)(F)F)c2ccccc2)n1. The van der Waals surface area contributed by atoms with Crippen LogP contribution in [0.5, 0.6) is 0 Å². The number of rotatable bonds is 5. The van der Waals surface area contributed by atoms with Crippen LogP contribution in [0.3, 0.4) is 0 Å². The Morgan fingerprint density at radius 2 is 1.90 bits per heavy atom. The molecule has 108 valence electrons. The highest BCUT2D eigenvalue weighted by Gasteiger charge is 2.32. The van der Waals surface area contributed by atoms with Crippen LogP contribution in [-0.2, 0) is 13.6 Å². The van der Waals surface area contributed by atoms with E-state index in [1.54, 1.807) is 54.3 Å². The lowest BCUT2D eigenvalue weighted by molar-refractivity contribution is -0.140. The smallest absolute Gasteiger partial charge is 0.304 e. The number of aryl methyl sites for hydroxylation is 1.